The van der Waals surface area contributed by atoms with E-state index in [1.807, 2.05) is 6.07 Å². The summed E-state index contributed by atoms with van der Waals surface area (Å²) in [4.78, 5) is 0. The molecule has 96 valence electrons. The van der Waals surface area contributed by atoms with E-state index in [1.54, 1.807) is 29.9 Å². The lowest BCUT2D eigenvalue weighted by Crippen LogP contribution is -1.98. The molecule has 0 saturated heterocycles. The molecule has 2 N–H and O–H groups in total. The number of benzene rings is 1. The van der Waals surface area contributed by atoms with E-state index in [0.717, 1.165) is 5.56 Å². The molecule has 0 radical (unpaired) electrons. The summed E-state index contributed by atoms with van der Waals surface area (Å²) >= 11 is 0. The van der Waals surface area contributed by atoms with Gasteiger partial charge in [-0.25, -0.2) is 4.39 Å². The van der Waals surface area contributed by atoms with Crippen LogP contribution in [0.25, 0.3) is 11.3 Å². The molecule has 0 amide bonds. The van der Waals surface area contributed by atoms with Crippen molar-refractivity contribution < 1.29 is 9.13 Å². The van der Waals surface area contributed by atoms with E-state index in [-0.39, 0.29) is 0 Å². The van der Waals surface area contributed by atoms with Gasteiger partial charge in [-0.15, -0.1) is 0 Å². The van der Waals surface area contributed by atoms with E-state index in [0.29, 0.717) is 22.8 Å². The summed E-state index contributed by atoms with van der Waals surface area (Å²) in [6.45, 7) is 1.48. The molecule has 0 aliphatic rings. The van der Waals surface area contributed by atoms with Crippen LogP contribution in [-0.4, -0.2) is 16.9 Å². The van der Waals surface area contributed by atoms with Crippen molar-refractivity contribution in [3.8, 4) is 17.0 Å². The van der Waals surface area contributed by atoms with Gasteiger partial charge in [-0.2, -0.15) is 5.10 Å². The Hall–Kier alpha value is -2.04. The monoisotopic (exact) mass is 249 g/mol. The first-order chi connectivity index (χ1) is 8.54. The van der Waals surface area contributed by atoms with Gasteiger partial charge in [0.2, 0.25) is 0 Å². The first-order valence-corrected chi connectivity index (χ1v) is 5.65. The predicted molar refractivity (Wildman–Crippen MR) is 69.1 cm³/mol. The first-order valence-electron chi connectivity index (χ1n) is 5.65. The fourth-order valence-electron chi connectivity index (χ4n) is 1.91. The van der Waals surface area contributed by atoms with Crippen LogP contribution in [0.1, 0.15) is 18.7 Å². The van der Waals surface area contributed by atoms with E-state index < -0.39 is 6.17 Å². The average Bonchev–Trinajstić information content (AvgIpc) is 2.68. The van der Waals surface area contributed by atoms with Crippen LogP contribution in [0.5, 0.6) is 5.75 Å². The number of hydrogen-bond donors (Lipinski definition) is 1. The maximum Gasteiger partial charge on any atom is 0.134 e. The lowest BCUT2D eigenvalue weighted by Gasteiger charge is -2.12. The van der Waals surface area contributed by atoms with Crippen molar-refractivity contribution in [1.29, 1.82) is 0 Å². The van der Waals surface area contributed by atoms with Gasteiger partial charge in [-0.1, -0.05) is 12.1 Å². The molecule has 1 atom stereocenters. The molecule has 5 heteroatoms. The molecule has 4 nitrogen and oxygen atoms in total. The van der Waals surface area contributed by atoms with Crippen molar-refractivity contribution in [2.75, 3.05) is 12.8 Å². The number of anilines is 1. The highest BCUT2D eigenvalue weighted by atomic mass is 19.1. The number of aryl methyl sites for hydroxylation is 1. The van der Waals surface area contributed by atoms with Crippen LogP contribution in [0, 0.1) is 0 Å². The second-order valence-electron chi connectivity index (χ2n) is 4.12. The predicted octanol–water partition coefficient (Wildman–Crippen LogP) is 2.71. The van der Waals surface area contributed by atoms with Gasteiger partial charge in [-0.05, 0) is 13.0 Å². The van der Waals surface area contributed by atoms with Crippen molar-refractivity contribution in [2.24, 2.45) is 7.05 Å². The maximum absolute atomic E-state index is 13.5. The van der Waals surface area contributed by atoms with Gasteiger partial charge in [-0.3, -0.25) is 4.68 Å². The molecule has 0 spiro atoms. The van der Waals surface area contributed by atoms with Crippen LogP contribution >= 0.6 is 0 Å². The maximum atomic E-state index is 13.5. The van der Waals surface area contributed by atoms with Crippen molar-refractivity contribution in [2.45, 2.75) is 13.1 Å². The molecule has 1 aromatic carbocycles. The van der Waals surface area contributed by atoms with Crippen LogP contribution in [0.3, 0.4) is 0 Å². The van der Waals surface area contributed by atoms with Crippen LogP contribution in [0.15, 0.2) is 24.3 Å². The number of aromatic nitrogens is 2. The number of methoxy groups -OCH3 is 1. The topological polar surface area (TPSA) is 53.1 Å². The molecule has 0 aliphatic carbocycles. The van der Waals surface area contributed by atoms with Crippen molar-refractivity contribution >= 4 is 5.82 Å². The van der Waals surface area contributed by atoms with Crippen LogP contribution in [0.2, 0.25) is 0 Å². The second kappa shape index (κ2) is 4.68. The fraction of sp³-hybridized carbons (Fsp3) is 0.308. The van der Waals surface area contributed by atoms with Gasteiger partial charge in [0.15, 0.2) is 0 Å². The van der Waals surface area contributed by atoms with Crippen molar-refractivity contribution in [3.63, 3.8) is 0 Å². The molecular formula is C13H16FN3O. The number of para-hydroxylation sites is 1. The van der Waals surface area contributed by atoms with E-state index in [2.05, 4.69) is 5.10 Å². The Labute approximate surface area is 105 Å². The smallest absolute Gasteiger partial charge is 0.134 e. The summed E-state index contributed by atoms with van der Waals surface area (Å²) in [5.74, 6) is 1.05. The molecule has 1 unspecified atom stereocenters. The Morgan fingerprint density at radius 1 is 1.44 bits per heavy atom. The lowest BCUT2D eigenvalue weighted by molar-refractivity contribution is 0.347. The molecule has 0 aliphatic heterocycles. The molecule has 2 aromatic rings. The van der Waals surface area contributed by atoms with Gasteiger partial charge in [0.1, 0.15) is 17.7 Å². The minimum Gasteiger partial charge on any atom is -0.496 e. The Bertz CT molecular complexity index is 544. The number of alkyl halides is 1. The van der Waals surface area contributed by atoms with Crippen LogP contribution in [-0.2, 0) is 7.05 Å². The summed E-state index contributed by atoms with van der Waals surface area (Å²) in [6.07, 6.45) is -1.10. The van der Waals surface area contributed by atoms with Crippen LogP contribution in [0.4, 0.5) is 10.2 Å². The number of hydrogen-bond acceptors (Lipinski definition) is 3. The highest BCUT2D eigenvalue weighted by Crippen LogP contribution is 2.36. The number of halogens is 1. The number of nitrogens with zero attached hydrogens (tertiary/aromatic N) is 2. The molecule has 0 saturated carbocycles. The standard InChI is InChI=1S/C13H16FN3O/c1-8(14)9-5-4-6-10(13(9)18-3)11-7-12(15)17(2)16-11/h4-8H,15H2,1-3H3. The molecule has 0 bridgehead atoms. The quantitative estimate of drug-likeness (QED) is 0.910. The van der Waals surface area contributed by atoms with Gasteiger partial charge in [0, 0.05) is 24.2 Å². The average molecular weight is 249 g/mol. The molecule has 0 fully saturated rings. The van der Waals surface area contributed by atoms with E-state index in [9.17, 15) is 4.39 Å². The van der Waals surface area contributed by atoms with E-state index in [4.69, 9.17) is 10.5 Å². The Kier molecular flexibility index (Phi) is 3.23. The molecule has 1 heterocycles. The summed E-state index contributed by atoms with van der Waals surface area (Å²) < 4.78 is 20.4. The Morgan fingerprint density at radius 3 is 2.67 bits per heavy atom. The normalized spacial score (nSPS) is 12.4. The van der Waals surface area contributed by atoms with Crippen LogP contribution < -0.4 is 10.5 Å². The number of nitrogens with two attached hydrogens (primary N) is 1. The van der Waals surface area contributed by atoms with E-state index >= 15 is 0 Å². The van der Waals surface area contributed by atoms with Gasteiger partial charge < -0.3 is 10.5 Å². The third kappa shape index (κ3) is 2.03. The first kappa shape index (κ1) is 12.4. The fourth-order valence-corrected chi connectivity index (χ4v) is 1.91. The summed E-state index contributed by atoms with van der Waals surface area (Å²) in [5.41, 5.74) is 7.68. The largest absolute Gasteiger partial charge is 0.496 e. The zero-order valence-corrected chi connectivity index (χ0v) is 10.6. The van der Waals surface area contributed by atoms with Crippen molar-refractivity contribution in [3.05, 3.63) is 29.8 Å². The summed E-state index contributed by atoms with van der Waals surface area (Å²) in [7, 11) is 3.28. The van der Waals surface area contributed by atoms with Crippen molar-refractivity contribution in [1.82, 2.24) is 9.78 Å². The summed E-state index contributed by atoms with van der Waals surface area (Å²) in [5, 5.41) is 4.28. The highest BCUT2D eigenvalue weighted by molar-refractivity contribution is 5.71. The minimum absolute atomic E-state index is 0.505. The highest BCUT2D eigenvalue weighted by Gasteiger charge is 2.17. The number of ether oxygens (including phenoxy) is 1. The van der Waals surface area contributed by atoms with Gasteiger partial charge >= 0.3 is 0 Å². The Balaban J connectivity index is 2.60. The third-order valence-electron chi connectivity index (χ3n) is 2.87. The lowest BCUT2D eigenvalue weighted by atomic mass is 10.0. The number of nitrogen functional groups attached to an aromatic ring is 1. The molecular weight excluding hydrogens is 233 g/mol. The van der Waals surface area contributed by atoms with Gasteiger partial charge in [0.25, 0.3) is 0 Å². The second-order valence-corrected chi connectivity index (χ2v) is 4.12. The Morgan fingerprint density at radius 2 is 2.17 bits per heavy atom. The van der Waals surface area contributed by atoms with E-state index in [1.165, 1.54) is 14.0 Å². The minimum atomic E-state index is -1.10. The molecule has 18 heavy (non-hydrogen) atoms. The third-order valence-corrected chi connectivity index (χ3v) is 2.87. The number of rotatable bonds is 3. The molecule has 1 aromatic heterocycles. The molecule has 2 rings (SSSR count). The van der Waals surface area contributed by atoms with Gasteiger partial charge in [0.05, 0.1) is 12.8 Å². The summed E-state index contributed by atoms with van der Waals surface area (Å²) in [6, 6.07) is 7.07. The zero-order valence-electron chi connectivity index (χ0n) is 10.6. The zero-order chi connectivity index (χ0) is 13.3. The SMILES string of the molecule is COc1c(-c2cc(N)n(C)n2)cccc1C(C)F.